The van der Waals surface area contributed by atoms with Gasteiger partial charge in [-0.3, -0.25) is 4.90 Å². The van der Waals surface area contributed by atoms with Crippen molar-refractivity contribution in [2.45, 2.75) is 32.4 Å². The molecule has 0 spiro atoms. The highest BCUT2D eigenvalue weighted by Gasteiger charge is 2.23. The van der Waals surface area contributed by atoms with Gasteiger partial charge in [0.2, 0.25) is 0 Å². The molecular weight excluding hydrogens is 354 g/mol. The van der Waals surface area contributed by atoms with Crippen LogP contribution in [0.3, 0.4) is 0 Å². The highest BCUT2D eigenvalue weighted by atomic mass is 16.4. The smallest absolute Gasteiger partial charge is 0.335 e. The van der Waals surface area contributed by atoms with E-state index in [9.17, 15) is 9.59 Å². The molecule has 148 valence electrons. The molecular formula is C22H27N3O3. The lowest BCUT2D eigenvalue weighted by molar-refractivity contribution is 0.0697. The van der Waals surface area contributed by atoms with Gasteiger partial charge in [0, 0.05) is 13.1 Å². The Morgan fingerprint density at radius 1 is 1.00 bits per heavy atom. The average Bonchev–Trinajstić information content (AvgIpc) is 3.22. The minimum absolute atomic E-state index is 0.170. The third-order valence-electron chi connectivity index (χ3n) is 5.15. The first-order valence-corrected chi connectivity index (χ1v) is 9.67. The lowest BCUT2D eigenvalue weighted by Crippen LogP contribution is -2.41. The molecule has 2 aromatic carbocycles. The van der Waals surface area contributed by atoms with E-state index >= 15 is 0 Å². The topological polar surface area (TPSA) is 81.7 Å². The summed E-state index contributed by atoms with van der Waals surface area (Å²) >= 11 is 0. The van der Waals surface area contributed by atoms with Crippen LogP contribution in [0.5, 0.6) is 0 Å². The van der Waals surface area contributed by atoms with Crippen LogP contribution >= 0.6 is 0 Å². The number of hydrogen-bond donors (Lipinski definition) is 3. The first-order chi connectivity index (χ1) is 13.5. The largest absolute Gasteiger partial charge is 0.478 e. The zero-order valence-corrected chi connectivity index (χ0v) is 16.1. The van der Waals surface area contributed by atoms with Crippen LogP contribution in [-0.4, -0.2) is 41.6 Å². The van der Waals surface area contributed by atoms with E-state index in [0.29, 0.717) is 13.1 Å². The number of aryl methyl sites for hydroxylation is 1. The zero-order valence-electron chi connectivity index (χ0n) is 16.1. The standard InChI is InChI=1S/C22H27N3O3/c1-16-4-8-18(9-5-16)20(25-12-2-3-13-25)15-24-22(28)23-14-17-6-10-19(11-7-17)21(26)27/h4-11,20H,2-3,12-15H2,1H3,(H,26,27)(H2,23,24,28). The first kappa shape index (κ1) is 19.9. The van der Waals surface area contributed by atoms with Gasteiger partial charge < -0.3 is 15.7 Å². The summed E-state index contributed by atoms with van der Waals surface area (Å²) in [6.07, 6.45) is 2.39. The number of carboxylic acids is 1. The molecule has 0 aliphatic carbocycles. The number of amides is 2. The first-order valence-electron chi connectivity index (χ1n) is 9.67. The van der Waals surface area contributed by atoms with Crippen LogP contribution in [-0.2, 0) is 6.54 Å². The number of nitrogens with zero attached hydrogens (tertiary/aromatic N) is 1. The minimum Gasteiger partial charge on any atom is -0.478 e. The Balaban J connectivity index is 1.54. The fourth-order valence-electron chi connectivity index (χ4n) is 3.50. The summed E-state index contributed by atoms with van der Waals surface area (Å²) in [6.45, 7) is 5.08. The number of aromatic carboxylic acids is 1. The molecule has 1 aliphatic heterocycles. The van der Waals surface area contributed by atoms with Gasteiger partial charge in [-0.2, -0.15) is 0 Å². The summed E-state index contributed by atoms with van der Waals surface area (Å²) in [5.74, 6) is -0.957. The van der Waals surface area contributed by atoms with Gasteiger partial charge in [0.15, 0.2) is 0 Å². The zero-order chi connectivity index (χ0) is 19.9. The molecule has 1 saturated heterocycles. The molecule has 0 bridgehead atoms. The summed E-state index contributed by atoms with van der Waals surface area (Å²) in [4.78, 5) is 25.6. The van der Waals surface area contributed by atoms with Crippen molar-refractivity contribution in [2.75, 3.05) is 19.6 Å². The van der Waals surface area contributed by atoms with Crippen molar-refractivity contribution < 1.29 is 14.7 Å². The number of nitrogens with one attached hydrogen (secondary N) is 2. The fraction of sp³-hybridized carbons (Fsp3) is 0.364. The van der Waals surface area contributed by atoms with Crippen molar-refractivity contribution in [3.63, 3.8) is 0 Å². The Bertz CT molecular complexity index is 797. The van der Waals surface area contributed by atoms with Crippen LogP contribution in [0.2, 0.25) is 0 Å². The number of hydrogen-bond acceptors (Lipinski definition) is 3. The van der Waals surface area contributed by atoms with Gasteiger partial charge in [-0.05, 0) is 56.1 Å². The van der Waals surface area contributed by atoms with Crippen molar-refractivity contribution in [1.82, 2.24) is 15.5 Å². The number of benzene rings is 2. The number of rotatable bonds is 7. The second-order valence-corrected chi connectivity index (χ2v) is 7.24. The van der Waals surface area contributed by atoms with Crippen molar-refractivity contribution >= 4 is 12.0 Å². The van der Waals surface area contributed by atoms with E-state index < -0.39 is 5.97 Å². The van der Waals surface area contributed by atoms with E-state index in [-0.39, 0.29) is 17.6 Å². The van der Waals surface area contributed by atoms with Crippen LogP contribution in [0.15, 0.2) is 48.5 Å². The number of urea groups is 1. The molecule has 3 rings (SSSR count). The summed E-state index contributed by atoms with van der Waals surface area (Å²) in [5, 5.41) is 14.8. The molecule has 1 unspecified atom stereocenters. The molecule has 1 atom stereocenters. The van der Waals surface area contributed by atoms with Gasteiger partial charge in [-0.1, -0.05) is 42.0 Å². The Hall–Kier alpha value is -2.86. The third kappa shape index (κ3) is 5.33. The SMILES string of the molecule is Cc1ccc(C(CNC(=O)NCc2ccc(C(=O)O)cc2)N2CCCC2)cc1. The molecule has 1 fully saturated rings. The average molecular weight is 381 g/mol. The van der Waals surface area contributed by atoms with Gasteiger partial charge in [0.1, 0.15) is 0 Å². The van der Waals surface area contributed by atoms with E-state index in [0.717, 1.165) is 18.7 Å². The Kier molecular flexibility index (Phi) is 6.66. The predicted octanol–water partition coefficient (Wildman–Crippen LogP) is 3.33. The molecule has 2 aromatic rings. The van der Waals surface area contributed by atoms with E-state index in [1.165, 1.54) is 36.1 Å². The summed E-state index contributed by atoms with van der Waals surface area (Å²) in [6, 6.07) is 15.0. The summed E-state index contributed by atoms with van der Waals surface area (Å²) < 4.78 is 0. The molecule has 0 aromatic heterocycles. The Labute approximate surface area is 165 Å². The van der Waals surface area contributed by atoms with E-state index in [4.69, 9.17) is 5.11 Å². The molecule has 2 amide bonds. The number of carboxylic acid groups (broad SMARTS) is 1. The van der Waals surface area contributed by atoms with Crippen LogP contribution in [0, 0.1) is 6.92 Å². The van der Waals surface area contributed by atoms with Crippen molar-refractivity contribution in [1.29, 1.82) is 0 Å². The molecule has 28 heavy (non-hydrogen) atoms. The Morgan fingerprint density at radius 3 is 2.25 bits per heavy atom. The second-order valence-electron chi connectivity index (χ2n) is 7.24. The quantitative estimate of drug-likeness (QED) is 0.687. The van der Waals surface area contributed by atoms with Gasteiger partial charge in [-0.15, -0.1) is 0 Å². The molecule has 6 heteroatoms. The van der Waals surface area contributed by atoms with E-state index in [1.807, 2.05) is 0 Å². The summed E-state index contributed by atoms with van der Waals surface area (Å²) in [5.41, 5.74) is 3.54. The van der Waals surface area contributed by atoms with Crippen LogP contribution in [0.1, 0.15) is 45.9 Å². The predicted molar refractivity (Wildman–Crippen MR) is 108 cm³/mol. The van der Waals surface area contributed by atoms with Gasteiger partial charge in [0.05, 0.1) is 11.6 Å². The van der Waals surface area contributed by atoms with Gasteiger partial charge >= 0.3 is 12.0 Å². The van der Waals surface area contributed by atoms with Crippen LogP contribution in [0.4, 0.5) is 4.79 Å². The molecule has 0 radical (unpaired) electrons. The van der Waals surface area contributed by atoms with Gasteiger partial charge in [-0.25, -0.2) is 9.59 Å². The van der Waals surface area contributed by atoms with Crippen molar-refractivity contribution in [3.8, 4) is 0 Å². The van der Waals surface area contributed by atoms with Crippen molar-refractivity contribution in [2.24, 2.45) is 0 Å². The van der Waals surface area contributed by atoms with Gasteiger partial charge in [0.25, 0.3) is 0 Å². The third-order valence-corrected chi connectivity index (χ3v) is 5.15. The number of carbonyl (C=O) groups excluding carboxylic acids is 1. The maximum atomic E-state index is 12.3. The molecule has 3 N–H and O–H groups in total. The maximum Gasteiger partial charge on any atom is 0.335 e. The Morgan fingerprint density at radius 2 is 1.64 bits per heavy atom. The second kappa shape index (κ2) is 9.37. The lowest BCUT2D eigenvalue weighted by atomic mass is 10.0. The van der Waals surface area contributed by atoms with Crippen molar-refractivity contribution in [3.05, 3.63) is 70.8 Å². The lowest BCUT2D eigenvalue weighted by Gasteiger charge is -2.28. The van der Waals surface area contributed by atoms with E-state index in [2.05, 4.69) is 46.7 Å². The number of likely N-dealkylation sites (tertiary alicyclic amines) is 1. The monoisotopic (exact) mass is 381 g/mol. The molecule has 1 aliphatic rings. The highest BCUT2D eigenvalue weighted by molar-refractivity contribution is 5.87. The molecule has 0 saturated carbocycles. The van der Waals surface area contributed by atoms with Crippen LogP contribution in [0.25, 0.3) is 0 Å². The van der Waals surface area contributed by atoms with Crippen LogP contribution < -0.4 is 10.6 Å². The van der Waals surface area contributed by atoms with E-state index in [1.54, 1.807) is 12.1 Å². The normalized spacial score (nSPS) is 15.2. The maximum absolute atomic E-state index is 12.3. The molecule has 1 heterocycles. The minimum atomic E-state index is -0.957. The summed E-state index contributed by atoms with van der Waals surface area (Å²) in [7, 11) is 0. The fourth-order valence-corrected chi connectivity index (χ4v) is 3.50. The number of carbonyl (C=O) groups is 2. The molecule has 6 nitrogen and oxygen atoms in total. The highest BCUT2D eigenvalue weighted by Crippen LogP contribution is 2.24.